The number of amides is 2. The van der Waals surface area contributed by atoms with E-state index in [1.165, 1.54) is 33.2 Å². The minimum atomic E-state index is -1.65. The molecule has 1 aliphatic rings. The number of rotatable bonds is 7. The molecule has 35 heavy (non-hydrogen) atoms. The van der Waals surface area contributed by atoms with E-state index in [2.05, 4.69) is 26.8 Å². The fourth-order valence-electron chi connectivity index (χ4n) is 3.72. The van der Waals surface area contributed by atoms with Gasteiger partial charge in [-0.15, -0.1) is 0 Å². The molecular weight excluding hydrogens is 453 g/mol. The van der Waals surface area contributed by atoms with E-state index < -0.39 is 17.7 Å². The summed E-state index contributed by atoms with van der Waals surface area (Å²) in [6.07, 6.45) is 1.20. The molecule has 11 heteroatoms. The number of nitrogens with one attached hydrogen (secondary N) is 2. The Bertz CT molecular complexity index is 1320. The fraction of sp³-hybridized carbons (Fsp3) is 0.375. The third kappa shape index (κ3) is 5.07. The molecule has 3 aromatic rings. The standard InChI is InChI=1S/C24H26FN7O3/c1-14(33)31-12-16(13-31)30-19-7-20(21-5-4-17-6-15(8-26)9-29-32(17)21)27-10-18(19)23(34)28-11-22(25)24(2,3)35/h4-7,9-10,16,22,35H,11-13H2,1-3H3,(H,27,30)(H,28,34)/t22-/m1/s1. The number of aromatic nitrogens is 3. The quantitative estimate of drug-likeness (QED) is 0.470. The van der Waals surface area contributed by atoms with Gasteiger partial charge in [-0.1, -0.05) is 0 Å². The molecule has 0 saturated carbocycles. The van der Waals surface area contributed by atoms with E-state index >= 15 is 0 Å². The number of likely N-dealkylation sites (tertiary alicyclic amines) is 1. The number of hydrogen-bond donors (Lipinski definition) is 3. The van der Waals surface area contributed by atoms with Gasteiger partial charge in [0.15, 0.2) is 0 Å². The molecule has 1 fully saturated rings. The van der Waals surface area contributed by atoms with Gasteiger partial charge in [-0.2, -0.15) is 10.4 Å². The lowest BCUT2D eigenvalue weighted by Crippen LogP contribution is -2.56. The number of pyridine rings is 1. The van der Waals surface area contributed by atoms with Crippen LogP contribution in [0, 0.1) is 11.3 Å². The van der Waals surface area contributed by atoms with Gasteiger partial charge in [0, 0.05) is 26.2 Å². The van der Waals surface area contributed by atoms with Crippen LogP contribution in [0.25, 0.3) is 16.9 Å². The van der Waals surface area contributed by atoms with E-state index in [0.29, 0.717) is 41.2 Å². The highest BCUT2D eigenvalue weighted by Crippen LogP contribution is 2.27. The number of carbonyl (C=O) groups excluding carboxylic acids is 2. The van der Waals surface area contributed by atoms with Crippen molar-refractivity contribution < 1.29 is 19.1 Å². The van der Waals surface area contributed by atoms with Crippen LogP contribution in [-0.2, 0) is 4.79 Å². The van der Waals surface area contributed by atoms with Gasteiger partial charge in [-0.05, 0) is 38.1 Å². The number of nitrogens with zero attached hydrogens (tertiary/aromatic N) is 5. The number of aliphatic hydroxyl groups is 1. The van der Waals surface area contributed by atoms with Crippen molar-refractivity contribution in [2.24, 2.45) is 0 Å². The third-order valence-corrected chi connectivity index (χ3v) is 5.94. The Morgan fingerprint density at radius 2 is 2.06 bits per heavy atom. The van der Waals surface area contributed by atoms with Crippen LogP contribution >= 0.6 is 0 Å². The number of hydrogen-bond acceptors (Lipinski definition) is 7. The predicted octanol–water partition coefficient (Wildman–Crippen LogP) is 1.75. The molecule has 2 amide bonds. The minimum Gasteiger partial charge on any atom is -0.387 e. The lowest BCUT2D eigenvalue weighted by molar-refractivity contribution is -0.132. The Kier molecular flexibility index (Phi) is 6.41. The highest BCUT2D eigenvalue weighted by Gasteiger charge is 2.30. The number of halogens is 1. The van der Waals surface area contributed by atoms with Gasteiger partial charge >= 0.3 is 0 Å². The molecule has 0 unspecified atom stereocenters. The van der Waals surface area contributed by atoms with Crippen LogP contribution < -0.4 is 10.6 Å². The zero-order valence-electron chi connectivity index (χ0n) is 19.6. The number of fused-ring (bicyclic) bond motifs is 1. The lowest BCUT2D eigenvalue weighted by Gasteiger charge is -2.39. The number of carbonyl (C=O) groups is 2. The first-order valence-corrected chi connectivity index (χ1v) is 11.1. The van der Waals surface area contributed by atoms with E-state index in [1.807, 2.05) is 12.1 Å². The first-order valence-electron chi connectivity index (χ1n) is 11.1. The normalized spacial score (nSPS) is 14.8. The summed E-state index contributed by atoms with van der Waals surface area (Å²) in [5.74, 6) is -0.572. The summed E-state index contributed by atoms with van der Waals surface area (Å²) < 4.78 is 15.8. The minimum absolute atomic E-state index is 0.0282. The maximum Gasteiger partial charge on any atom is 0.255 e. The molecule has 0 radical (unpaired) electrons. The monoisotopic (exact) mass is 479 g/mol. The first-order chi connectivity index (χ1) is 16.6. The van der Waals surface area contributed by atoms with E-state index in [1.54, 1.807) is 21.5 Å². The summed E-state index contributed by atoms with van der Waals surface area (Å²) in [6, 6.07) is 9.03. The average Bonchev–Trinajstić information content (AvgIpc) is 3.21. The third-order valence-electron chi connectivity index (χ3n) is 5.94. The second-order valence-electron chi connectivity index (χ2n) is 9.12. The average molecular weight is 480 g/mol. The Labute approximate surface area is 201 Å². The van der Waals surface area contributed by atoms with Crippen LogP contribution in [-0.4, -0.2) is 73.9 Å². The molecule has 4 rings (SSSR count). The van der Waals surface area contributed by atoms with Crippen molar-refractivity contribution >= 4 is 23.0 Å². The van der Waals surface area contributed by atoms with Gasteiger partial charge in [0.1, 0.15) is 12.2 Å². The smallest absolute Gasteiger partial charge is 0.255 e. The molecular formula is C24H26FN7O3. The van der Waals surface area contributed by atoms with Gasteiger partial charge in [0.05, 0.1) is 58.1 Å². The maximum absolute atomic E-state index is 14.2. The maximum atomic E-state index is 14.2. The first kappa shape index (κ1) is 24.1. The Hall–Kier alpha value is -4.04. The van der Waals surface area contributed by atoms with Crippen molar-refractivity contribution in [2.45, 2.75) is 38.6 Å². The Morgan fingerprint density at radius 3 is 2.71 bits per heavy atom. The van der Waals surface area contributed by atoms with E-state index in [9.17, 15) is 19.1 Å². The number of nitriles is 1. The molecule has 1 atom stereocenters. The highest BCUT2D eigenvalue weighted by molar-refractivity contribution is 6.00. The summed E-state index contributed by atoms with van der Waals surface area (Å²) in [5, 5.41) is 29.0. The molecule has 182 valence electrons. The van der Waals surface area contributed by atoms with Crippen LogP contribution in [0.15, 0.2) is 36.7 Å². The summed E-state index contributed by atoms with van der Waals surface area (Å²) in [6.45, 7) is 4.79. The second kappa shape index (κ2) is 9.31. The SMILES string of the molecule is CC(=O)N1CC(Nc2cc(-c3ccc4cc(C#N)cnn34)ncc2C(=O)NC[C@@H](F)C(C)(C)O)C1. The van der Waals surface area contributed by atoms with Gasteiger partial charge in [0.2, 0.25) is 5.91 Å². The van der Waals surface area contributed by atoms with Gasteiger partial charge in [-0.3, -0.25) is 14.6 Å². The van der Waals surface area contributed by atoms with Gasteiger partial charge < -0.3 is 20.6 Å². The van der Waals surface area contributed by atoms with Crippen molar-refractivity contribution in [3.8, 4) is 17.5 Å². The molecule has 1 aliphatic heterocycles. The zero-order valence-corrected chi connectivity index (χ0v) is 19.6. The second-order valence-corrected chi connectivity index (χ2v) is 9.12. The summed E-state index contributed by atoms with van der Waals surface area (Å²) in [4.78, 5) is 30.5. The fourth-order valence-corrected chi connectivity index (χ4v) is 3.72. The molecule has 0 aliphatic carbocycles. The summed E-state index contributed by atoms with van der Waals surface area (Å²) in [5.41, 5.74) is 1.43. The van der Waals surface area contributed by atoms with E-state index in [0.717, 1.165) is 0 Å². The Balaban J connectivity index is 1.63. The number of anilines is 1. The Morgan fingerprint density at radius 1 is 1.31 bits per heavy atom. The van der Waals surface area contributed by atoms with Crippen LogP contribution in [0.2, 0.25) is 0 Å². The van der Waals surface area contributed by atoms with Crippen molar-refractivity contribution in [1.82, 2.24) is 24.8 Å². The lowest BCUT2D eigenvalue weighted by atomic mass is 10.0. The zero-order chi connectivity index (χ0) is 25.3. The molecule has 4 heterocycles. The van der Waals surface area contributed by atoms with Crippen molar-refractivity contribution in [3.63, 3.8) is 0 Å². The molecule has 1 saturated heterocycles. The summed E-state index contributed by atoms with van der Waals surface area (Å²) in [7, 11) is 0. The van der Waals surface area contributed by atoms with Crippen molar-refractivity contribution in [2.75, 3.05) is 25.0 Å². The van der Waals surface area contributed by atoms with Crippen LogP contribution in [0.5, 0.6) is 0 Å². The molecule has 0 spiro atoms. The van der Waals surface area contributed by atoms with Crippen LogP contribution in [0.3, 0.4) is 0 Å². The van der Waals surface area contributed by atoms with Crippen LogP contribution in [0.4, 0.5) is 10.1 Å². The van der Waals surface area contributed by atoms with Crippen molar-refractivity contribution in [3.05, 3.63) is 47.8 Å². The van der Waals surface area contributed by atoms with E-state index in [4.69, 9.17) is 5.26 Å². The molecule has 3 aromatic heterocycles. The molecule has 0 aromatic carbocycles. The number of alkyl halides is 1. The topological polar surface area (TPSA) is 136 Å². The highest BCUT2D eigenvalue weighted by atomic mass is 19.1. The van der Waals surface area contributed by atoms with Gasteiger partial charge in [0.25, 0.3) is 5.91 Å². The summed E-state index contributed by atoms with van der Waals surface area (Å²) >= 11 is 0. The molecule has 10 nitrogen and oxygen atoms in total. The molecule has 0 bridgehead atoms. The predicted molar refractivity (Wildman–Crippen MR) is 126 cm³/mol. The van der Waals surface area contributed by atoms with Crippen molar-refractivity contribution in [1.29, 1.82) is 5.26 Å². The largest absolute Gasteiger partial charge is 0.387 e. The van der Waals surface area contributed by atoms with Crippen LogP contribution in [0.1, 0.15) is 36.7 Å². The van der Waals surface area contributed by atoms with E-state index in [-0.39, 0.29) is 24.1 Å². The molecule has 3 N–H and O–H groups in total. The van der Waals surface area contributed by atoms with Gasteiger partial charge in [-0.25, -0.2) is 8.91 Å².